The zero-order chi connectivity index (χ0) is 17.3. The van der Waals surface area contributed by atoms with Crippen LogP contribution in [0.5, 0.6) is 0 Å². The molecule has 1 fully saturated rings. The van der Waals surface area contributed by atoms with Crippen LogP contribution in [0.4, 0.5) is 0 Å². The van der Waals surface area contributed by atoms with Gasteiger partial charge in [0.1, 0.15) is 5.76 Å². The van der Waals surface area contributed by atoms with E-state index in [9.17, 15) is 4.79 Å². The predicted molar refractivity (Wildman–Crippen MR) is 93.0 cm³/mol. The van der Waals surface area contributed by atoms with Gasteiger partial charge in [-0.2, -0.15) is 0 Å². The molecule has 1 aromatic carbocycles. The van der Waals surface area contributed by atoms with Crippen LogP contribution in [0.25, 0.3) is 0 Å². The molecule has 2 aromatic rings. The van der Waals surface area contributed by atoms with Crippen molar-refractivity contribution in [2.24, 2.45) is 0 Å². The third-order valence-electron chi connectivity index (χ3n) is 4.81. The Morgan fingerprint density at radius 3 is 2.83 bits per heavy atom. The molecular formula is C19H25N3O2. The maximum Gasteiger partial charge on any atom is 0.251 e. The van der Waals surface area contributed by atoms with Gasteiger partial charge in [-0.15, -0.1) is 0 Å². The van der Waals surface area contributed by atoms with Gasteiger partial charge in [-0.25, -0.2) is 0 Å². The van der Waals surface area contributed by atoms with Crippen molar-refractivity contribution in [1.82, 2.24) is 15.4 Å². The van der Waals surface area contributed by atoms with E-state index < -0.39 is 0 Å². The van der Waals surface area contributed by atoms with E-state index >= 15 is 0 Å². The van der Waals surface area contributed by atoms with Crippen LogP contribution < -0.4 is 5.32 Å². The van der Waals surface area contributed by atoms with E-state index in [1.54, 1.807) is 0 Å². The lowest BCUT2D eigenvalue weighted by Crippen LogP contribution is -2.37. The third kappa shape index (κ3) is 3.51. The smallest absolute Gasteiger partial charge is 0.251 e. The third-order valence-corrected chi connectivity index (χ3v) is 4.81. The van der Waals surface area contributed by atoms with Crippen LogP contribution in [0.1, 0.15) is 44.9 Å². The largest absolute Gasteiger partial charge is 0.361 e. The summed E-state index contributed by atoms with van der Waals surface area (Å²) in [6, 6.07) is 6.19. The normalized spacial score (nSPS) is 18.1. The van der Waals surface area contributed by atoms with Crippen molar-refractivity contribution in [3.8, 4) is 0 Å². The molecule has 3 rings (SSSR count). The zero-order valence-corrected chi connectivity index (χ0v) is 14.8. The summed E-state index contributed by atoms with van der Waals surface area (Å²) in [5.41, 5.74) is 5.02. The second kappa shape index (κ2) is 6.77. The fourth-order valence-corrected chi connectivity index (χ4v) is 3.29. The van der Waals surface area contributed by atoms with E-state index in [4.69, 9.17) is 4.52 Å². The molecule has 1 N–H and O–H groups in total. The fraction of sp³-hybridized carbons (Fsp3) is 0.474. The Morgan fingerprint density at radius 1 is 1.33 bits per heavy atom. The van der Waals surface area contributed by atoms with Gasteiger partial charge in [-0.3, -0.25) is 9.69 Å². The first kappa shape index (κ1) is 16.7. The fourth-order valence-electron chi connectivity index (χ4n) is 3.29. The molecule has 0 spiro atoms. The maximum atomic E-state index is 12.6. The Hall–Kier alpha value is -2.14. The van der Waals surface area contributed by atoms with Crippen molar-refractivity contribution in [2.75, 3.05) is 13.1 Å². The Morgan fingerprint density at radius 2 is 2.12 bits per heavy atom. The highest BCUT2D eigenvalue weighted by Crippen LogP contribution is 2.19. The summed E-state index contributed by atoms with van der Waals surface area (Å²) in [6.07, 6.45) is 0.972. The minimum Gasteiger partial charge on any atom is -0.361 e. The maximum absolute atomic E-state index is 12.6. The second-order valence-corrected chi connectivity index (χ2v) is 6.82. The number of nitrogens with one attached hydrogen (secondary N) is 1. The van der Waals surface area contributed by atoms with Crippen molar-refractivity contribution in [3.63, 3.8) is 0 Å². The predicted octanol–water partition coefficient (Wildman–Crippen LogP) is 2.91. The van der Waals surface area contributed by atoms with E-state index in [0.29, 0.717) is 0 Å². The number of carbonyl (C=O) groups is 1. The number of hydrogen-bond donors (Lipinski definition) is 1. The summed E-state index contributed by atoms with van der Waals surface area (Å²) in [5.74, 6) is 0.913. The molecule has 1 aromatic heterocycles. The van der Waals surface area contributed by atoms with E-state index in [0.717, 1.165) is 59.8 Å². The molecule has 1 unspecified atom stereocenters. The number of nitrogens with zero attached hydrogens (tertiary/aromatic N) is 2. The zero-order valence-electron chi connectivity index (χ0n) is 14.8. The van der Waals surface area contributed by atoms with Gasteiger partial charge in [-0.05, 0) is 45.7 Å². The standard InChI is InChI=1S/C19H25N3O2/c1-12-5-6-13(2)17(9-12)19(23)20-16-7-8-22(10-16)11-18-14(3)21-24-15(18)4/h5-6,9,16H,7-8,10-11H2,1-4H3,(H,20,23). The van der Waals surface area contributed by atoms with Crippen molar-refractivity contribution in [3.05, 3.63) is 51.9 Å². The van der Waals surface area contributed by atoms with E-state index in [-0.39, 0.29) is 11.9 Å². The Labute approximate surface area is 143 Å². The highest BCUT2D eigenvalue weighted by atomic mass is 16.5. The number of aryl methyl sites for hydroxylation is 4. The molecule has 24 heavy (non-hydrogen) atoms. The van der Waals surface area contributed by atoms with E-state index in [1.807, 2.05) is 45.9 Å². The first-order valence-electron chi connectivity index (χ1n) is 8.46. The van der Waals surface area contributed by atoms with Gasteiger partial charge in [0.05, 0.1) is 5.69 Å². The molecule has 128 valence electrons. The van der Waals surface area contributed by atoms with Gasteiger partial charge in [0.25, 0.3) is 5.91 Å². The molecule has 1 amide bonds. The minimum atomic E-state index is 0.0281. The average molecular weight is 327 g/mol. The average Bonchev–Trinajstić information content (AvgIpc) is 3.11. The first-order valence-corrected chi connectivity index (χ1v) is 8.46. The van der Waals surface area contributed by atoms with Crippen molar-refractivity contribution in [1.29, 1.82) is 0 Å². The lowest BCUT2D eigenvalue weighted by molar-refractivity contribution is 0.0937. The van der Waals surface area contributed by atoms with Gasteiger partial charge >= 0.3 is 0 Å². The number of hydrogen-bond acceptors (Lipinski definition) is 4. The molecule has 1 atom stereocenters. The Kier molecular flexibility index (Phi) is 4.71. The number of aromatic nitrogens is 1. The lowest BCUT2D eigenvalue weighted by atomic mass is 10.0. The number of benzene rings is 1. The molecule has 5 nitrogen and oxygen atoms in total. The molecule has 0 bridgehead atoms. The molecule has 0 saturated carbocycles. The van der Waals surface area contributed by atoms with Crippen LogP contribution in [0.15, 0.2) is 22.7 Å². The highest BCUT2D eigenvalue weighted by Gasteiger charge is 2.26. The Balaban J connectivity index is 1.60. The van der Waals surface area contributed by atoms with Crippen LogP contribution >= 0.6 is 0 Å². The van der Waals surface area contributed by atoms with E-state index in [1.165, 1.54) is 0 Å². The lowest BCUT2D eigenvalue weighted by Gasteiger charge is -2.17. The van der Waals surface area contributed by atoms with Crippen LogP contribution in [0.2, 0.25) is 0 Å². The van der Waals surface area contributed by atoms with Gasteiger partial charge in [-0.1, -0.05) is 22.9 Å². The van der Waals surface area contributed by atoms with Gasteiger partial charge in [0, 0.05) is 36.8 Å². The SMILES string of the molecule is Cc1ccc(C)c(C(=O)NC2CCN(Cc3c(C)noc3C)C2)c1. The summed E-state index contributed by atoms with van der Waals surface area (Å²) in [6.45, 7) is 10.6. The van der Waals surface area contributed by atoms with Crippen molar-refractivity contribution < 1.29 is 9.32 Å². The molecule has 1 aliphatic heterocycles. The minimum absolute atomic E-state index is 0.0281. The van der Waals surface area contributed by atoms with Crippen LogP contribution in [0, 0.1) is 27.7 Å². The summed E-state index contributed by atoms with van der Waals surface area (Å²) < 4.78 is 5.23. The van der Waals surface area contributed by atoms with Gasteiger partial charge in [0.15, 0.2) is 0 Å². The first-order chi connectivity index (χ1) is 11.4. The van der Waals surface area contributed by atoms with Gasteiger partial charge in [0.2, 0.25) is 0 Å². The molecule has 0 radical (unpaired) electrons. The number of rotatable bonds is 4. The summed E-state index contributed by atoms with van der Waals surface area (Å²) in [5, 5.41) is 7.19. The van der Waals surface area contributed by atoms with Crippen LogP contribution in [0.3, 0.4) is 0 Å². The van der Waals surface area contributed by atoms with Crippen LogP contribution in [-0.4, -0.2) is 35.1 Å². The summed E-state index contributed by atoms with van der Waals surface area (Å²) >= 11 is 0. The second-order valence-electron chi connectivity index (χ2n) is 6.82. The number of likely N-dealkylation sites (tertiary alicyclic amines) is 1. The quantitative estimate of drug-likeness (QED) is 0.938. The van der Waals surface area contributed by atoms with Crippen molar-refractivity contribution in [2.45, 2.75) is 46.7 Å². The molecule has 2 heterocycles. The van der Waals surface area contributed by atoms with Crippen LogP contribution in [-0.2, 0) is 6.54 Å². The number of carbonyl (C=O) groups excluding carboxylic acids is 1. The Bertz CT molecular complexity index is 732. The highest BCUT2D eigenvalue weighted by molar-refractivity contribution is 5.96. The molecule has 5 heteroatoms. The summed E-state index contributed by atoms with van der Waals surface area (Å²) in [7, 11) is 0. The number of amides is 1. The molecule has 0 aliphatic carbocycles. The molecular weight excluding hydrogens is 302 g/mol. The van der Waals surface area contributed by atoms with Crippen molar-refractivity contribution >= 4 is 5.91 Å². The van der Waals surface area contributed by atoms with Gasteiger partial charge < -0.3 is 9.84 Å². The van der Waals surface area contributed by atoms with E-state index in [2.05, 4.69) is 15.4 Å². The summed E-state index contributed by atoms with van der Waals surface area (Å²) in [4.78, 5) is 14.9. The monoisotopic (exact) mass is 327 g/mol. The molecule has 1 aliphatic rings. The topological polar surface area (TPSA) is 58.4 Å². The molecule has 1 saturated heterocycles.